The third-order valence-electron chi connectivity index (χ3n) is 2.49. The zero-order valence-electron chi connectivity index (χ0n) is 7.21. The van der Waals surface area contributed by atoms with Crippen LogP contribution < -0.4 is 0 Å². The quantitative estimate of drug-likeness (QED) is 0.752. The van der Waals surface area contributed by atoms with Crippen LogP contribution in [0.2, 0.25) is 0 Å². The highest BCUT2D eigenvalue weighted by molar-refractivity contribution is 5.78. The molecule has 1 aliphatic rings. The van der Waals surface area contributed by atoms with Crippen LogP contribution >= 0.6 is 0 Å². The van der Waals surface area contributed by atoms with E-state index < -0.39 is 24.2 Å². The van der Waals surface area contributed by atoms with Crippen molar-refractivity contribution < 1.29 is 18.7 Å². The molecule has 1 N–H and O–H groups in total. The van der Waals surface area contributed by atoms with Crippen molar-refractivity contribution in [3.63, 3.8) is 0 Å². The van der Waals surface area contributed by atoms with E-state index in [1.807, 2.05) is 0 Å². The summed E-state index contributed by atoms with van der Waals surface area (Å²) in [5, 5.41) is 8.76. The molecule has 0 radical (unpaired) electrons. The molecule has 0 heterocycles. The van der Waals surface area contributed by atoms with Crippen LogP contribution in [0.5, 0.6) is 0 Å². The Bertz CT molecular complexity index is 387. The van der Waals surface area contributed by atoms with Gasteiger partial charge >= 0.3 is 5.97 Å². The lowest BCUT2D eigenvalue weighted by atomic mass is 10.0. The van der Waals surface area contributed by atoms with Crippen LogP contribution in [-0.4, -0.2) is 11.1 Å². The molecule has 0 saturated carbocycles. The summed E-state index contributed by atoms with van der Waals surface area (Å²) in [6.07, 6.45) is -0.623. The van der Waals surface area contributed by atoms with Gasteiger partial charge < -0.3 is 5.11 Å². The lowest BCUT2D eigenvalue weighted by Crippen LogP contribution is -2.11. The first kappa shape index (κ1) is 9.12. The van der Waals surface area contributed by atoms with E-state index in [1.54, 1.807) is 6.07 Å². The summed E-state index contributed by atoms with van der Waals surface area (Å²) in [5.74, 6) is -5.25. The largest absolute Gasteiger partial charge is 0.481 e. The number of rotatable bonds is 1. The monoisotopic (exact) mass is 198 g/mol. The van der Waals surface area contributed by atoms with Crippen molar-refractivity contribution in [1.29, 1.82) is 0 Å². The fourth-order valence-electron chi connectivity index (χ4n) is 1.83. The van der Waals surface area contributed by atoms with E-state index in [4.69, 9.17) is 5.11 Å². The van der Waals surface area contributed by atoms with Gasteiger partial charge in [0.15, 0.2) is 0 Å². The van der Waals surface area contributed by atoms with E-state index in [1.165, 1.54) is 18.2 Å². The fraction of sp³-hybridized carbons (Fsp3) is 0.300. The number of hydrogen-bond acceptors (Lipinski definition) is 1. The predicted octanol–water partition coefficient (Wildman–Crippen LogP) is 2.35. The van der Waals surface area contributed by atoms with Crippen LogP contribution in [0.25, 0.3) is 0 Å². The second-order valence-corrected chi connectivity index (χ2v) is 3.39. The van der Waals surface area contributed by atoms with Gasteiger partial charge in [-0.25, -0.2) is 8.78 Å². The zero-order chi connectivity index (χ0) is 10.3. The Labute approximate surface area is 79.2 Å². The number of carbonyl (C=O) groups is 1. The third-order valence-corrected chi connectivity index (χ3v) is 2.49. The number of aliphatic carboxylic acids is 1. The Balaban J connectivity index is 2.55. The lowest BCUT2D eigenvalue weighted by molar-refractivity contribution is -0.140. The van der Waals surface area contributed by atoms with Gasteiger partial charge in [-0.3, -0.25) is 4.79 Å². The van der Waals surface area contributed by atoms with Crippen molar-refractivity contribution in [3.8, 4) is 0 Å². The minimum absolute atomic E-state index is 0.146. The minimum atomic E-state index is -3.00. The molecule has 0 aromatic heterocycles. The van der Waals surface area contributed by atoms with Gasteiger partial charge in [0.2, 0.25) is 0 Å². The second kappa shape index (κ2) is 2.77. The van der Waals surface area contributed by atoms with Crippen LogP contribution in [0.15, 0.2) is 24.3 Å². The Kier molecular flexibility index (Phi) is 1.80. The number of carboxylic acids is 1. The molecule has 2 rings (SSSR count). The molecular formula is C10H8F2O2. The smallest absolute Gasteiger partial charge is 0.311 e. The van der Waals surface area contributed by atoms with Crippen LogP contribution in [0.4, 0.5) is 8.78 Å². The zero-order valence-corrected chi connectivity index (χ0v) is 7.21. The van der Waals surface area contributed by atoms with Crippen molar-refractivity contribution in [2.75, 3.05) is 0 Å². The Morgan fingerprint density at radius 1 is 1.43 bits per heavy atom. The highest BCUT2D eigenvalue weighted by atomic mass is 19.3. The van der Waals surface area contributed by atoms with Crippen LogP contribution in [0.1, 0.15) is 23.5 Å². The van der Waals surface area contributed by atoms with Crippen LogP contribution in [-0.2, 0) is 10.7 Å². The fourth-order valence-corrected chi connectivity index (χ4v) is 1.83. The summed E-state index contributed by atoms with van der Waals surface area (Å²) in [4.78, 5) is 10.7. The van der Waals surface area contributed by atoms with Gasteiger partial charge in [0, 0.05) is 12.0 Å². The molecule has 0 bridgehead atoms. The number of carboxylic acid groups (broad SMARTS) is 1. The van der Waals surface area contributed by atoms with Crippen molar-refractivity contribution in [2.24, 2.45) is 0 Å². The number of alkyl halides is 2. The number of halogens is 2. The maximum absolute atomic E-state index is 13.3. The lowest BCUT2D eigenvalue weighted by Gasteiger charge is -2.08. The summed E-state index contributed by atoms with van der Waals surface area (Å²) >= 11 is 0. The summed E-state index contributed by atoms with van der Waals surface area (Å²) in [6.45, 7) is 0. The molecular weight excluding hydrogens is 190 g/mol. The van der Waals surface area contributed by atoms with Crippen LogP contribution in [0.3, 0.4) is 0 Å². The van der Waals surface area contributed by atoms with E-state index in [0.29, 0.717) is 0 Å². The Morgan fingerprint density at radius 3 is 2.71 bits per heavy atom. The Hall–Kier alpha value is -1.45. The molecule has 2 nitrogen and oxygen atoms in total. The molecule has 4 heteroatoms. The molecule has 1 aliphatic carbocycles. The maximum atomic E-state index is 13.3. The first-order chi connectivity index (χ1) is 6.52. The van der Waals surface area contributed by atoms with E-state index in [-0.39, 0.29) is 11.1 Å². The topological polar surface area (TPSA) is 37.3 Å². The summed E-state index contributed by atoms with van der Waals surface area (Å²) < 4.78 is 26.6. The van der Waals surface area contributed by atoms with Crippen molar-refractivity contribution in [1.82, 2.24) is 0 Å². The summed E-state index contributed by atoms with van der Waals surface area (Å²) in [7, 11) is 0. The van der Waals surface area contributed by atoms with E-state index in [0.717, 1.165) is 0 Å². The average molecular weight is 198 g/mol. The maximum Gasteiger partial charge on any atom is 0.311 e. The van der Waals surface area contributed by atoms with Gasteiger partial charge in [-0.15, -0.1) is 0 Å². The molecule has 1 aromatic rings. The SMILES string of the molecule is O=C(O)C1CC(F)(F)c2ccccc21. The summed E-state index contributed by atoms with van der Waals surface area (Å²) in [5.41, 5.74) is 0.0948. The van der Waals surface area contributed by atoms with Crippen molar-refractivity contribution in [2.45, 2.75) is 18.3 Å². The number of hydrogen-bond donors (Lipinski definition) is 1. The molecule has 0 spiro atoms. The molecule has 1 aromatic carbocycles. The van der Waals surface area contributed by atoms with Gasteiger partial charge in [0.1, 0.15) is 0 Å². The van der Waals surface area contributed by atoms with E-state index in [9.17, 15) is 13.6 Å². The predicted molar refractivity (Wildman–Crippen MR) is 45.3 cm³/mol. The number of benzene rings is 1. The molecule has 1 unspecified atom stereocenters. The average Bonchev–Trinajstić information content (AvgIpc) is 2.40. The first-order valence-electron chi connectivity index (χ1n) is 4.22. The van der Waals surface area contributed by atoms with Crippen LogP contribution in [0, 0.1) is 0 Å². The van der Waals surface area contributed by atoms with E-state index in [2.05, 4.69) is 0 Å². The molecule has 1 atom stereocenters. The molecule has 0 aliphatic heterocycles. The van der Waals surface area contributed by atoms with Gasteiger partial charge in [-0.05, 0) is 5.56 Å². The standard InChI is InChI=1S/C10H8F2O2/c11-10(12)5-7(9(13)14)6-3-1-2-4-8(6)10/h1-4,7H,5H2,(H,13,14). The normalized spacial score (nSPS) is 23.1. The molecule has 0 amide bonds. The van der Waals surface area contributed by atoms with Gasteiger partial charge in [-0.1, -0.05) is 24.3 Å². The highest BCUT2D eigenvalue weighted by Gasteiger charge is 2.47. The highest BCUT2D eigenvalue weighted by Crippen LogP contribution is 2.48. The second-order valence-electron chi connectivity index (χ2n) is 3.39. The van der Waals surface area contributed by atoms with Crippen molar-refractivity contribution in [3.05, 3.63) is 35.4 Å². The Morgan fingerprint density at radius 2 is 2.07 bits per heavy atom. The minimum Gasteiger partial charge on any atom is -0.481 e. The van der Waals surface area contributed by atoms with Gasteiger partial charge in [0.05, 0.1) is 5.92 Å². The van der Waals surface area contributed by atoms with Crippen molar-refractivity contribution >= 4 is 5.97 Å². The van der Waals surface area contributed by atoms with Gasteiger partial charge in [0.25, 0.3) is 5.92 Å². The van der Waals surface area contributed by atoms with Gasteiger partial charge in [-0.2, -0.15) is 0 Å². The third kappa shape index (κ3) is 1.18. The first-order valence-corrected chi connectivity index (χ1v) is 4.22. The summed E-state index contributed by atoms with van der Waals surface area (Å²) in [6, 6.07) is 5.82. The molecule has 14 heavy (non-hydrogen) atoms. The van der Waals surface area contributed by atoms with E-state index >= 15 is 0 Å². The number of fused-ring (bicyclic) bond motifs is 1. The molecule has 0 fully saturated rings. The molecule has 74 valence electrons. The molecule has 0 saturated heterocycles.